The molecule has 11 aromatic rings. The molecule has 10 aromatic carbocycles. The number of aromatic nitrogens is 1. The third-order valence-electron chi connectivity index (χ3n) is 17.8. The SMILES string of the molecule is CC(C)(C)c1ccc(-c2cc(-c3ccc(C(C)(C)C)cc3)cc(-c3ccc4c(c3)c3cc(-c5cc(-c6ccc(C(C)(C)C)cc6)cc(-c6ccc(C(C)(C)C)cc6)c5)ccc3n4-c3ccccc3-c3cc(C(C)(C)C)cc(C(C)(C)C)c3)c2)cc1. The van der Waals surface area contributed by atoms with Crippen LogP contribution in [0.2, 0.25) is 0 Å². The molecule has 0 aliphatic heterocycles. The van der Waals surface area contributed by atoms with E-state index in [0.717, 1.165) is 5.69 Å². The van der Waals surface area contributed by atoms with E-state index >= 15 is 0 Å². The molecular formula is C84H89N. The second-order valence-electron chi connectivity index (χ2n) is 30.5. The molecule has 0 unspecified atom stereocenters. The van der Waals surface area contributed by atoms with E-state index < -0.39 is 0 Å². The largest absolute Gasteiger partial charge is 0.309 e. The van der Waals surface area contributed by atoms with Crippen LogP contribution in [-0.2, 0) is 32.5 Å². The molecule has 11 rings (SSSR count). The molecular weight excluding hydrogens is 1020 g/mol. The summed E-state index contributed by atoms with van der Waals surface area (Å²) in [4.78, 5) is 0. The Bertz CT molecular complexity index is 3860. The summed E-state index contributed by atoms with van der Waals surface area (Å²) in [6.07, 6.45) is 0. The van der Waals surface area contributed by atoms with E-state index in [1.54, 1.807) is 0 Å². The van der Waals surface area contributed by atoms with Gasteiger partial charge in [0, 0.05) is 16.3 Å². The molecule has 0 N–H and O–H groups in total. The van der Waals surface area contributed by atoms with Gasteiger partial charge in [-0.05, 0) is 205 Å². The highest BCUT2D eigenvalue weighted by Crippen LogP contribution is 2.44. The van der Waals surface area contributed by atoms with Gasteiger partial charge < -0.3 is 4.57 Å². The van der Waals surface area contributed by atoms with Gasteiger partial charge in [-0.3, -0.25) is 0 Å². The minimum absolute atomic E-state index is 0.0313. The zero-order chi connectivity index (χ0) is 60.8. The molecule has 0 amide bonds. The molecule has 1 aromatic heterocycles. The van der Waals surface area contributed by atoms with Crippen molar-refractivity contribution in [2.45, 2.75) is 157 Å². The molecule has 0 aliphatic rings. The first-order chi connectivity index (χ1) is 39.9. The van der Waals surface area contributed by atoms with Crippen LogP contribution in [0, 0.1) is 0 Å². The van der Waals surface area contributed by atoms with Crippen LogP contribution in [0.1, 0.15) is 158 Å². The molecule has 0 radical (unpaired) electrons. The summed E-state index contributed by atoms with van der Waals surface area (Å²) in [6.45, 7) is 41.5. The van der Waals surface area contributed by atoms with Crippen molar-refractivity contribution in [1.82, 2.24) is 4.57 Å². The van der Waals surface area contributed by atoms with E-state index in [2.05, 4.69) is 342 Å². The lowest BCUT2D eigenvalue weighted by molar-refractivity contribution is 0.569. The van der Waals surface area contributed by atoms with Gasteiger partial charge in [-0.1, -0.05) is 270 Å². The summed E-state index contributed by atoms with van der Waals surface area (Å²) in [5.41, 5.74) is 28.5. The van der Waals surface area contributed by atoms with Crippen LogP contribution in [0.15, 0.2) is 212 Å². The zero-order valence-corrected chi connectivity index (χ0v) is 54.2. The summed E-state index contributed by atoms with van der Waals surface area (Å²) < 4.78 is 2.54. The van der Waals surface area contributed by atoms with E-state index in [-0.39, 0.29) is 32.5 Å². The second kappa shape index (κ2) is 21.5. The van der Waals surface area contributed by atoms with E-state index in [1.165, 1.54) is 133 Å². The molecule has 0 bridgehead atoms. The van der Waals surface area contributed by atoms with Gasteiger partial charge in [0.1, 0.15) is 0 Å². The highest BCUT2D eigenvalue weighted by molar-refractivity contribution is 6.12. The Morgan fingerprint density at radius 2 is 0.459 bits per heavy atom. The van der Waals surface area contributed by atoms with E-state index in [0.29, 0.717) is 0 Å². The summed E-state index contributed by atoms with van der Waals surface area (Å²) in [6, 6.07) is 82.2. The summed E-state index contributed by atoms with van der Waals surface area (Å²) in [5, 5.41) is 2.43. The second-order valence-corrected chi connectivity index (χ2v) is 30.5. The lowest BCUT2D eigenvalue weighted by Gasteiger charge is -2.27. The average molecular weight is 1110 g/mol. The standard InChI is InChI=1S/C84H89N/c1-79(2,3)67-33-23-54(24-34-67)60-43-61(55-25-35-68(36-26-55)80(4,5)6)46-64(45-60)58-31-41-77-74(51-58)75-52-59(32-42-78(75)85(77)76-22-20-19-21-73(76)66-49-71(83(13,14)15)53-72(50-66)84(16,17)18)65-47-62(56-27-37-69(38-28-56)81(7,8)9)44-63(48-65)57-29-39-70(40-30-57)82(10,11)12/h19-53H,1-18H3. The molecule has 1 heteroatoms. The molecule has 0 spiro atoms. The Labute approximate surface area is 509 Å². The fourth-order valence-electron chi connectivity index (χ4n) is 12.1. The van der Waals surface area contributed by atoms with Gasteiger partial charge in [-0.25, -0.2) is 0 Å². The van der Waals surface area contributed by atoms with Crippen molar-refractivity contribution in [3.8, 4) is 83.6 Å². The number of para-hydroxylation sites is 1. The van der Waals surface area contributed by atoms with E-state index in [9.17, 15) is 0 Å². The third kappa shape index (κ3) is 12.2. The topological polar surface area (TPSA) is 4.93 Å². The van der Waals surface area contributed by atoms with Crippen LogP contribution in [-0.4, -0.2) is 4.57 Å². The quantitative estimate of drug-likeness (QED) is 0.143. The van der Waals surface area contributed by atoms with Crippen LogP contribution >= 0.6 is 0 Å². The van der Waals surface area contributed by atoms with Crippen molar-refractivity contribution in [3.05, 3.63) is 246 Å². The maximum atomic E-state index is 2.54. The zero-order valence-electron chi connectivity index (χ0n) is 54.2. The van der Waals surface area contributed by atoms with Gasteiger partial charge in [0.05, 0.1) is 16.7 Å². The fraction of sp³-hybridized carbons (Fsp3) is 0.286. The highest BCUT2D eigenvalue weighted by atomic mass is 15.0. The van der Waals surface area contributed by atoms with Gasteiger partial charge in [0.25, 0.3) is 0 Å². The molecule has 1 heterocycles. The van der Waals surface area contributed by atoms with E-state index in [1.807, 2.05) is 0 Å². The van der Waals surface area contributed by atoms with Gasteiger partial charge in [-0.2, -0.15) is 0 Å². The van der Waals surface area contributed by atoms with Gasteiger partial charge in [-0.15, -0.1) is 0 Å². The number of rotatable bonds is 8. The fourth-order valence-corrected chi connectivity index (χ4v) is 12.1. The molecule has 1 nitrogen and oxygen atoms in total. The minimum atomic E-state index is -0.0313. The molecule has 430 valence electrons. The van der Waals surface area contributed by atoms with Crippen molar-refractivity contribution < 1.29 is 0 Å². The Balaban J connectivity index is 1.16. The highest BCUT2D eigenvalue weighted by Gasteiger charge is 2.25. The lowest BCUT2D eigenvalue weighted by Crippen LogP contribution is -2.16. The van der Waals surface area contributed by atoms with Crippen molar-refractivity contribution >= 4 is 21.8 Å². The minimum Gasteiger partial charge on any atom is -0.309 e. The average Bonchev–Trinajstić information content (AvgIpc) is 3.00. The molecule has 0 saturated heterocycles. The van der Waals surface area contributed by atoms with E-state index in [4.69, 9.17) is 0 Å². The van der Waals surface area contributed by atoms with Crippen LogP contribution in [0.25, 0.3) is 105 Å². The summed E-state index contributed by atoms with van der Waals surface area (Å²) in [5.74, 6) is 0. The molecule has 0 atom stereocenters. The number of hydrogen-bond acceptors (Lipinski definition) is 0. The first-order valence-corrected chi connectivity index (χ1v) is 31.0. The van der Waals surface area contributed by atoms with Crippen LogP contribution in [0.5, 0.6) is 0 Å². The molecule has 0 fully saturated rings. The first kappa shape index (κ1) is 58.8. The predicted molar refractivity (Wildman–Crippen MR) is 371 cm³/mol. The first-order valence-electron chi connectivity index (χ1n) is 31.0. The number of nitrogens with zero attached hydrogens (tertiary/aromatic N) is 1. The maximum Gasteiger partial charge on any atom is 0.0541 e. The smallest absolute Gasteiger partial charge is 0.0541 e. The van der Waals surface area contributed by atoms with Crippen molar-refractivity contribution in [2.24, 2.45) is 0 Å². The lowest BCUT2D eigenvalue weighted by atomic mass is 9.79. The number of fused-ring (bicyclic) bond motifs is 3. The molecule has 0 aliphatic carbocycles. The van der Waals surface area contributed by atoms with Gasteiger partial charge in [0.15, 0.2) is 0 Å². The van der Waals surface area contributed by atoms with Crippen LogP contribution in [0.3, 0.4) is 0 Å². The van der Waals surface area contributed by atoms with Gasteiger partial charge >= 0.3 is 0 Å². The Morgan fingerprint density at radius 3 is 0.741 bits per heavy atom. The summed E-state index contributed by atoms with van der Waals surface area (Å²) >= 11 is 0. The van der Waals surface area contributed by atoms with Gasteiger partial charge in [0.2, 0.25) is 0 Å². The Kier molecular flexibility index (Phi) is 14.9. The number of benzene rings is 10. The Hall–Kier alpha value is -8.00. The monoisotopic (exact) mass is 1110 g/mol. The number of hydrogen-bond donors (Lipinski definition) is 0. The van der Waals surface area contributed by atoms with Crippen LogP contribution < -0.4 is 0 Å². The Morgan fingerprint density at radius 1 is 0.200 bits per heavy atom. The maximum absolute atomic E-state index is 2.54. The predicted octanol–water partition coefficient (Wildman–Crippen LogP) is 24.2. The summed E-state index contributed by atoms with van der Waals surface area (Å²) in [7, 11) is 0. The normalized spacial score (nSPS) is 12.8. The molecule has 85 heavy (non-hydrogen) atoms. The van der Waals surface area contributed by atoms with Crippen molar-refractivity contribution in [3.63, 3.8) is 0 Å². The van der Waals surface area contributed by atoms with Crippen molar-refractivity contribution in [2.75, 3.05) is 0 Å². The third-order valence-corrected chi connectivity index (χ3v) is 17.8. The van der Waals surface area contributed by atoms with Crippen molar-refractivity contribution in [1.29, 1.82) is 0 Å². The van der Waals surface area contributed by atoms with Crippen LogP contribution in [0.4, 0.5) is 0 Å². The molecule has 0 saturated carbocycles.